The van der Waals surface area contributed by atoms with Gasteiger partial charge in [0.25, 0.3) is 0 Å². The molecule has 1 heterocycles. The standard InChI is InChI=1S/C10H17N5/c1-7(6-8-2-3-8)13-9-4-5-12-10(14-9)15-11/h4-5,7-8H,2-3,6,11H2,1H3,(H2,12,13,14,15). The van der Waals surface area contributed by atoms with E-state index in [2.05, 4.69) is 27.6 Å². The van der Waals surface area contributed by atoms with Gasteiger partial charge in [0.1, 0.15) is 5.82 Å². The first-order chi connectivity index (χ1) is 7.28. The molecule has 0 aromatic carbocycles. The summed E-state index contributed by atoms with van der Waals surface area (Å²) in [5.41, 5.74) is 2.43. The average molecular weight is 207 g/mol. The maximum absolute atomic E-state index is 5.24. The maximum Gasteiger partial charge on any atom is 0.239 e. The van der Waals surface area contributed by atoms with Crippen molar-refractivity contribution in [2.24, 2.45) is 11.8 Å². The highest BCUT2D eigenvalue weighted by Crippen LogP contribution is 2.33. The van der Waals surface area contributed by atoms with Crippen LogP contribution in [0.4, 0.5) is 11.8 Å². The van der Waals surface area contributed by atoms with Crippen LogP contribution in [0.5, 0.6) is 0 Å². The average Bonchev–Trinajstić information content (AvgIpc) is 3.02. The number of anilines is 2. The molecule has 0 bridgehead atoms. The summed E-state index contributed by atoms with van der Waals surface area (Å²) < 4.78 is 0. The molecule has 5 heteroatoms. The molecular formula is C10H17N5. The molecule has 0 saturated heterocycles. The molecular weight excluding hydrogens is 190 g/mol. The predicted molar refractivity (Wildman–Crippen MR) is 60.3 cm³/mol. The summed E-state index contributed by atoms with van der Waals surface area (Å²) in [6, 6.07) is 2.31. The fourth-order valence-electron chi connectivity index (χ4n) is 1.67. The van der Waals surface area contributed by atoms with Crippen LogP contribution in [0.25, 0.3) is 0 Å². The molecule has 1 saturated carbocycles. The lowest BCUT2D eigenvalue weighted by Crippen LogP contribution is -2.18. The van der Waals surface area contributed by atoms with E-state index >= 15 is 0 Å². The van der Waals surface area contributed by atoms with E-state index in [4.69, 9.17) is 5.84 Å². The van der Waals surface area contributed by atoms with Crippen molar-refractivity contribution in [1.82, 2.24) is 9.97 Å². The Kier molecular flexibility index (Phi) is 3.01. The van der Waals surface area contributed by atoms with E-state index in [1.54, 1.807) is 6.20 Å². The summed E-state index contributed by atoms with van der Waals surface area (Å²) in [6.07, 6.45) is 5.67. The second-order valence-corrected chi connectivity index (χ2v) is 4.13. The quantitative estimate of drug-likeness (QED) is 0.502. The number of hydrogen-bond donors (Lipinski definition) is 3. The molecule has 1 aromatic rings. The summed E-state index contributed by atoms with van der Waals surface area (Å²) in [5, 5.41) is 3.34. The van der Waals surface area contributed by atoms with Crippen molar-refractivity contribution in [3.8, 4) is 0 Å². The summed E-state index contributed by atoms with van der Waals surface area (Å²) in [7, 11) is 0. The molecule has 0 amide bonds. The van der Waals surface area contributed by atoms with Crippen LogP contribution in [0.1, 0.15) is 26.2 Å². The van der Waals surface area contributed by atoms with Crippen molar-refractivity contribution < 1.29 is 0 Å². The van der Waals surface area contributed by atoms with Crippen molar-refractivity contribution >= 4 is 11.8 Å². The highest BCUT2D eigenvalue weighted by Gasteiger charge is 2.23. The molecule has 15 heavy (non-hydrogen) atoms. The Morgan fingerprint density at radius 3 is 3.07 bits per heavy atom. The largest absolute Gasteiger partial charge is 0.367 e. The molecule has 1 unspecified atom stereocenters. The normalized spacial score (nSPS) is 17.2. The van der Waals surface area contributed by atoms with Crippen LogP contribution >= 0.6 is 0 Å². The molecule has 82 valence electrons. The van der Waals surface area contributed by atoms with Gasteiger partial charge in [0.05, 0.1) is 0 Å². The second-order valence-electron chi connectivity index (χ2n) is 4.13. The molecule has 1 atom stereocenters. The summed E-state index contributed by atoms with van der Waals surface area (Å²) in [6.45, 7) is 2.18. The zero-order valence-electron chi connectivity index (χ0n) is 8.90. The van der Waals surface area contributed by atoms with Gasteiger partial charge in [-0.2, -0.15) is 4.98 Å². The van der Waals surface area contributed by atoms with Crippen LogP contribution in [0, 0.1) is 5.92 Å². The Morgan fingerprint density at radius 1 is 1.60 bits per heavy atom. The minimum absolute atomic E-state index is 0.443. The molecule has 4 N–H and O–H groups in total. The van der Waals surface area contributed by atoms with E-state index in [0.29, 0.717) is 12.0 Å². The first-order valence-corrected chi connectivity index (χ1v) is 5.34. The SMILES string of the molecule is CC(CC1CC1)Nc1ccnc(NN)n1. The summed E-state index contributed by atoms with van der Waals surface area (Å²) >= 11 is 0. The van der Waals surface area contributed by atoms with Gasteiger partial charge in [0.15, 0.2) is 0 Å². The Bertz CT molecular complexity index is 323. The van der Waals surface area contributed by atoms with Crippen molar-refractivity contribution in [1.29, 1.82) is 0 Å². The molecule has 1 aliphatic rings. The third kappa shape index (κ3) is 3.06. The van der Waals surface area contributed by atoms with Gasteiger partial charge in [-0.25, -0.2) is 10.8 Å². The fraction of sp³-hybridized carbons (Fsp3) is 0.600. The summed E-state index contributed by atoms with van der Waals surface area (Å²) in [5.74, 6) is 7.42. The lowest BCUT2D eigenvalue weighted by Gasteiger charge is -2.13. The number of nitrogens with one attached hydrogen (secondary N) is 2. The van der Waals surface area contributed by atoms with E-state index in [9.17, 15) is 0 Å². The first-order valence-electron chi connectivity index (χ1n) is 5.34. The highest BCUT2D eigenvalue weighted by molar-refractivity contribution is 5.39. The number of hydrogen-bond acceptors (Lipinski definition) is 5. The van der Waals surface area contributed by atoms with Crippen LogP contribution in [0.2, 0.25) is 0 Å². The minimum atomic E-state index is 0.443. The van der Waals surface area contributed by atoms with Gasteiger partial charge >= 0.3 is 0 Å². The Labute approximate surface area is 89.5 Å². The smallest absolute Gasteiger partial charge is 0.239 e. The Morgan fingerprint density at radius 2 is 2.40 bits per heavy atom. The first kappa shape index (κ1) is 10.2. The zero-order valence-corrected chi connectivity index (χ0v) is 8.90. The monoisotopic (exact) mass is 207 g/mol. The van der Waals surface area contributed by atoms with Crippen LogP contribution in [0.3, 0.4) is 0 Å². The molecule has 1 fully saturated rings. The van der Waals surface area contributed by atoms with Crippen LogP contribution in [0.15, 0.2) is 12.3 Å². The van der Waals surface area contributed by atoms with E-state index in [-0.39, 0.29) is 0 Å². The lowest BCUT2D eigenvalue weighted by atomic mass is 10.1. The lowest BCUT2D eigenvalue weighted by molar-refractivity contribution is 0.640. The van der Waals surface area contributed by atoms with Crippen LogP contribution in [-0.4, -0.2) is 16.0 Å². The minimum Gasteiger partial charge on any atom is -0.367 e. The number of nitrogens with zero attached hydrogens (tertiary/aromatic N) is 2. The molecule has 0 spiro atoms. The van der Waals surface area contributed by atoms with Gasteiger partial charge in [-0.1, -0.05) is 12.8 Å². The second kappa shape index (κ2) is 4.44. The molecule has 1 aliphatic carbocycles. The fourth-order valence-corrected chi connectivity index (χ4v) is 1.67. The summed E-state index contributed by atoms with van der Waals surface area (Å²) in [4.78, 5) is 8.15. The van der Waals surface area contributed by atoms with Gasteiger partial charge in [-0.05, 0) is 25.3 Å². The van der Waals surface area contributed by atoms with Crippen LogP contribution in [-0.2, 0) is 0 Å². The van der Waals surface area contributed by atoms with Crippen LogP contribution < -0.4 is 16.6 Å². The third-order valence-corrected chi connectivity index (χ3v) is 2.56. The maximum atomic E-state index is 5.24. The molecule has 1 aromatic heterocycles. The van der Waals surface area contributed by atoms with Crippen molar-refractivity contribution in [2.75, 3.05) is 10.7 Å². The number of rotatable bonds is 5. The van der Waals surface area contributed by atoms with E-state index in [0.717, 1.165) is 11.7 Å². The molecule has 0 radical (unpaired) electrons. The number of hydrazine groups is 1. The van der Waals surface area contributed by atoms with Gasteiger partial charge in [-0.15, -0.1) is 0 Å². The molecule has 2 rings (SSSR count). The third-order valence-electron chi connectivity index (χ3n) is 2.56. The van der Waals surface area contributed by atoms with E-state index < -0.39 is 0 Å². The van der Waals surface area contributed by atoms with Crippen molar-refractivity contribution in [2.45, 2.75) is 32.2 Å². The van der Waals surface area contributed by atoms with Crippen molar-refractivity contribution in [3.63, 3.8) is 0 Å². The van der Waals surface area contributed by atoms with E-state index in [1.165, 1.54) is 19.3 Å². The van der Waals surface area contributed by atoms with E-state index in [1.807, 2.05) is 6.07 Å². The topological polar surface area (TPSA) is 75.9 Å². The highest BCUT2D eigenvalue weighted by atomic mass is 15.3. The van der Waals surface area contributed by atoms with Gasteiger partial charge in [-0.3, -0.25) is 5.43 Å². The number of aromatic nitrogens is 2. The predicted octanol–water partition coefficient (Wildman–Crippen LogP) is 1.36. The van der Waals surface area contributed by atoms with Gasteiger partial charge in [0, 0.05) is 12.2 Å². The zero-order chi connectivity index (χ0) is 10.7. The molecule has 5 nitrogen and oxygen atoms in total. The van der Waals surface area contributed by atoms with Gasteiger partial charge in [0.2, 0.25) is 5.95 Å². The Hall–Kier alpha value is -1.36. The Balaban J connectivity index is 1.90. The number of nitrogen functional groups attached to an aromatic ring is 1. The molecule has 0 aliphatic heterocycles. The van der Waals surface area contributed by atoms with Crippen molar-refractivity contribution in [3.05, 3.63) is 12.3 Å². The van der Waals surface area contributed by atoms with Gasteiger partial charge < -0.3 is 5.32 Å². The number of nitrogens with two attached hydrogens (primary N) is 1.